The summed E-state index contributed by atoms with van der Waals surface area (Å²) in [5, 5.41) is 45.6. The summed E-state index contributed by atoms with van der Waals surface area (Å²) in [5.74, 6) is 0.690. The lowest BCUT2D eigenvalue weighted by atomic mass is 10.1. The topological polar surface area (TPSA) is 303 Å². The first-order chi connectivity index (χ1) is 50.8. The summed E-state index contributed by atoms with van der Waals surface area (Å²) >= 11 is 43.7. The predicted octanol–water partition coefficient (Wildman–Crippen LogP) is 16.9. The van der Waals surface area contributed by atoms with E-state index >= 15 is 0 Å². The number of hydrogen-bond acceptors (Lipinski definition) is 18. The maximum Gasteiger partial charge on any atom is 0.329 e. The summed E-state index contributed by atoms with van der Waals surface area (Å²) in [6.45, 7) is 29.1. The number of rotatable bonds is 23. The van der Waals surface area contributed by atoms with Gasteiger partial charge >= 0.3 is 18.1 Å². The molecule has 108 heavy (non-hydrogen) atoms. The minimum Gasteiger partial charge on any atom is -0.414 e. The molecule has 0 fully saturated rings. The highest BCUT2D eigenvalue weighted by Gasteiger charge is 2.43. The maximum absolute atomic E-state index is 13.7. The number of carbonyl (C=O) groups is 3. The summed E-state index contributed by atoms with van der Waals surface area (Å²) < 4.78 is 17.9. The Labute approximate surface area is 666 Å². The first-order valence-electron chi connectivity index (χ1n) is 34.9. The molecule has 3 aliphatic rings. The Morgan fingerprint density at radius 3 is 1.08 bits per heavy atom. The summed E-state index contributed by atoms with van der Waals surface area (Å²) in [7, 11) is -4.09. The summed E-state index contributed by atoms with van der Waals surface area (Å²) in [5.41, 5.74) is 13.7. The molecule has 578 valence electrons. The van der Waals surface area contributed by atoms with Crippen LogP contribution in [0.25, 0.3) is 33.8 Å². The van der Waals surface area contributed by atoms with Crippen molar-refractivity contribution < 1.29 is 43.7 Å². The van der Waals surface area contributed by atoms with Gasteiger partial charge in [0.1, 0.15) is 0 Å². The van der Waals surface area contributed by atoms with Crippen molar-refractivity contribution in [3.63, 3.8) is 0 Å². The Bertz CT molecular complexity index is 4670. The van der Waals surface area contributed by atoms with E-state index < -0.39 is 22.7 Å². The lowest BCUT2D eigenvalue weighted by Crippen LogP contribution is -2.44. The predicted molar refractivity (Wildman–Crippen MR) is 432 cm³/mol. The molecule has 3 amide bonds. The highest BCUT2D eigenvalue weighted by molar-refractivity contribution is 6.74. The molecule has 0 radical (unpaired) electrons. The van der Waals surface area contributed by atoms with Gasteiger partial charge in [-0.25, -0.2) is 44.3 Å². The molecular formula is C75H92Cl7N15O9Si2. The Morgan fingerprint density at radius 1 is 0.472 bits per heavy atom. The van der Waals surface area contributed by atoms with Crippen LogP contribution in [0.3, 0.4) is 0 Å². The van der Waals surface area contributed by atoms with Crippen LogP contribution in [0.15, 0.2) is 128 Å². The first kappa shape index (κ1) is 84.9. The van der Waals surface area contributed by atoms with E-state index in [9.17, 15) is 29.7 Å². The van der Waals surface area contributed by atoms with Crippen molar-refractivity contribution in [1.29, 1.82) is 0 Å². The number of benzene rings is 3. The molecule has 8 N–H and O–H groups in total. The maximum atomic E-state index is 13.7. The third-order valence-electron chi connectivity index (χ3n) is 19.5. The highest BCUT2D eigenvalue weighted by atomic mass is 35.5. The van der Waals surface area contributed by atoms with Gasteiger partial charge in [-0.15, -0.1) is 0 Å². The van der Waals surface area contributed by atoms with Crippen LogP contribution in [0.5, 0.6) is 0 Å². The Hall–Kier alpha value is -7.07. The minimum absolute atomic E-state index is 0.0422. The van der Waals surface area contributed by atoms with E-state index in [4.69, 9.17) is 101 Å². The number of nitrogens with one attached hydrogen (secondary N) is 2. The van der Waals surface area contributed by atoms with E-state index in [0.29, 0.717) is 103 Å². The highest BCUT2D eigenvalue weighted by Crippen LogP contribution is 2.43. The molecule has 0 saturated heterocycles. The van der Waals surface area contributed by atoms with Crippen molar-refractivity contribution in [2.75, 3.05) is 50.3 Å². The average Bonchev–Trinajstić information content (AvgIpc) is 1.63. The van der Waals surface area contributed by atoms with E-state index in [2.05, 4.69) is 108 Å². The first-order valence-corrected chi connectivity index (χ1v) is 43.4. The van der Waals surface area contributed by atoms with E-state index in [1.807, 2.05) is 89.5 Å². The second kappa shape index (κ2) is 36.0. The largest absolute Gasteiger partial charge is 0.414 e. The number of aromatic nitrogens is 9. The summed E-state index contributed by atoms with van der Waals surface area (Å²) in [4.78, 5) is 71.0. The molecule has 0 spiro atoms. The molecule has 12 rings (SSSR count). The number of carbonyl (C=O) groups excluding carboxylic acids is 3. The molecule has 0 unspecified atom stereocenters. The smallest absolute Gasteiger partial charge is 0.329 e. The Balaban J connectivity index is 0.000000182. The zero-order valence-electron chi connectivity index (χ0n) is 62.4. The number of nitrogens with zero attached hydrogens (tertiary/aromatic N) is 12. The molecule has 6 atom stereocenters. The summed E-state index contributed by atoms with van der Waals surface area (Å²) in [6, 6.07) is 25.9. The molecule has 9 heterocycles. The van der Waals surface area contributed by atoms with Gasteiger partial charge in [0.05, 0.1) is 128 Å². The van der Waals surface area contributed by atoms with E-state index in [1.54, 1.807) is 64.7 Å². The third-order valence-corrected chi connectivity index (χ3v) is 30.2. The minimum atomic E-state index is -2.06. The molecule has 3 aliphatic heterocycles. The van der Waals surface area contributed by atoms with Crippen molar-refractivity contribution >= 4 is 128 Å². The molecule has 24 nitrogen and oxygen atoms in total. The van der Waals surface area contributed by atoms with Crippen LogP contribution in [0, 0.1) is 0 Å². The number of halogens is 7. The van der Waals surface area contributed by atoms with Gasteiger partial charge in [-0.1, -0.05) is 148 Å². The fourth-order valence-electron chi connectivity index (χ4n) is 11.3. The van der Waals surface area contributed by atoms with E-state index in [0.717, 1.165) is 39.3 Å². The average molecular weight is 1650 g/mol. The molecule has 33 heteroatoms. The van der Waals surface area contributed by atoms with Crippen molar-refractivity contribution in [1.82, 2.24) is 58.3 Å². The van der Waals surface area contributed by atoms with Crippen molar-refractivity contribution in [2.45, 2.75) is 154 Å². The standard InChI is InChI=1S/C27H35Cl2N5O3Si.C24H27Cl3N4O2Si.C21H21Cl2N5O3.C3H9NO/c1-17(15-35)31-25-30-12-22(29)24(32-25)19-11-21-14-34(26(36)33(21)13-19)23(18-8-7-9-20(28)10-18)16-37-38(5,6)27(2,3)4;1-24(2,3)34(4,5)33-14-20(15-7-6-8-17(25)9-15)31-13-18-10-16(12-30(18)23(31)32)21-19(26)11-28-22(27)29-21;1-12(10-29)25-20-24-7-17(23)19(26-20)14-6-16-9-28(21(31)27(16)8-14)18(11-30)13-3-2-4-15(22)5-13;1-3(4)2-5/h7-13,17,23,35H,14-16H2,1-6H3,(H,30,31,32);6-12,20H,13-14H2,1-5H3;2-8,12,18,29-30H,9-11H2,1H3,(H,24,25,26);3,5H,2,4H2,1H3/t17-,23+;20-;12-,18+;3-/m0100/s1. The van der Waals surface area contributed by atoms with Crippen LogP contribution in [-0.2, 0) is 28.5 Å². The molecule has 9 aromatic rings. The number of anilines is 2. The van der Waals surface area contributed by atoms with Gasteiger partial charge in [-0.2, -0.15) is 0 Å². The van der Waals surface area contributed by atoms with Gasteiger partial charge in [-0.3, -0.25) is 13.7 Å². The second-order valence-electron chi connectivity index (χ2n) is 29.8. The van der Waals surface area contributed by atoms with Crippen LogP contribution in [0.4, 0.5) is 26.3 Å². The number of aliphatic hydroxyl groups excluding tert-OH is 4. The number of amides is 3. The normalized spacial score (nSPS) is 15.2. The lowest BCUT2D eigenvalue weighted by molar-refractivity contribution is 0.141. The molecule has 0 aliphatic carbocycles. The number of nitrogens with two attached hydrogens (primary N) is 1. The van der Waals surface area contributed by atoms with Crippen LogP contribution in [0.1, 0.15) is 114 Å². The van der Waals surface area contributed by atoms with Gasteiger partial charge in [0.25, 0.3) is 0 Å². The van der Waals surface area contributed by atoms with Gasteiger partial charge in [0.2, 0.25) is 17.2 Å². The fourth-order valence-corrected chi connectivity index (χ4v) is 14.7. The zero-order chi connectivity index (χ0) is 79.1. The van der Waals surface area contributed by atoms with Gasteiger partial charge in [0.15, 0.2) is 16.6 Å². The van der Waals surface area contributed by atoms with Crippen LogP contribution in [0.2, 0.25) is 71.7 Å². The van der Waals surface area contributed by atoms with Crippen LogP contribution in [-0.4, -0.2) is 171 Å². The van der Waals surface area contributed by atoms with Gasteiger partial charge in [0, 0.05) is 85.6 Å². The monoisotopic (exact) mass is 1650 g/mol. The summed E-state index contributed by atoms with van der Waals surface area (Å²) in [6.07, 6.45) is 9.63. The zero-order valence-corrected chi connectivity index (χ0v) is 69.7. The Morgan fingerprint density at radius 2 is 0.787 bits per heavy atom. The number of fused-ring (bicyclic) bond motifs is 3. The molecule has 0 bridgehead atoms. The molecule has 3 aromatic carbocycles. The number of hydrogen-bond donors (Lipinski definition) is 7. The quantitative estimate of drug-likeness (QED) is 0.0231. The van der Waals surface area contributed by atoms with Crippen molar-refractivity contribution in [3.8, 4) is 33.8 Å². The number of aliphatic hydroxyl groups is 4. The molecule has 0 saturated carbocycles. The fraction of sp³-hybridized carbons (Fsp3) is 0.400. The van der Waals surface area contributed by atoms with E-state index in [-0.39, 0.29) is 90.1 Å². The molecular weight excluding hydrogens is 1560 g/mol. The Kier molecular flexibility index (Phi) is 28.3. The van der Waals surface area contributed by atoms with E-state index in [1.165, 1.54) is 23.2 Å². The van der Waals surface area contributed by atoms with Gasteiger partial charge < -0.3 is 60.3 Å². The molecule has 6 aromatic heterocycles. The third kappa shape index (κ3) is 20.4. The van der Waals surface area contributed by atoms with Crippen LogP contribution < -0.4 is 16.4 Å². The van der Waals surface area contributed by atoms with Gasteiger partial charge in [-0.05, 0) is 140 Å². The van der Waals surface area contributed by atoms with Crippen molar-refractivity contribution in [2.24, 2.45) is 5.73 Å². The second-order valence-corrected chi connectivity index (χ2v) is 42.3. The van der Waals surface area contributed by atoms with Crippen LogP contribution >= 0.6 is 81.2 Å². The SMILES string of the molecule is CC(C)(C)[Si](C)(C)OC[C@H](c1cccc(Cl)c1)N1Cc2cc(-c3nc(Cl)ncc3Cl)cn2C1=O.C[C@@H](CO)Nc1ncc(Cl)c(-c2cc3n(c2)C(=O)N([C@H](CO)c2cccc(Cl)c2)C3)n1.C[C@@H](CO)Nc1ncc(Cl)c(-c2cc3n(c2)C(=O)N([C@H](CO[Si](C)(C)C(C)(C)C)c2cccc(Cl)c2)C3)n1.C[C@H](N)CO. The lowest BCUT2D eigenvalue weighted by Gasteiger charge is -2.38. The van der Waals surface area contributed by atoms with Crippen molar-refractivity contribution in [3.05, 3.63) is 197 Å².